The van der Waals surface area contributed by atoms with Crippen molar-refractivity contribution < 1.29 is 25.5 Å². The topological polar surface area (TPSA) is 101 Å². The van der Waals surface area contributed by atoms with Gasteiger partial charge in [0, 0.05) is 0 Å². The van der Waals surface area contributed by atoms with Gasteiger partial charge >= 0.3 is 0 Å². The van der Waals surface area contributed by atoms with Crippen LogP contribution in [0.5, 0.6) is 0 Å². The predicted molar refractivity (Wildman–Crippen MR) is 48.3 cm³/mol. The molecule has 0 aliphatic heterocycles. The Hall–Kier alpha value is -0.620. The van der Waals surface area contributed by atoms with E-state index in [0.29, 0.717) is 5.57 Å². The second-order valence-corrected chi connectivity index (χ2v) is 2.53. The van der Waals surface area contributed by atoms with Gasteiger partial charge in [-0.25, -0.2) is 0 Å². The highest BCUT2D eigenvalue weighted by Crippen LogP contribution is 2.03. The molecule has 0 aromatic rings. The molecule has 80 valence electrons. The first-order valence-corrected chi connectivity index (χ1v) is 3.88. The Balaban J connectivity index is 0. The molecule has 5 nitrogen and oxygen atoms in total. The molecule has 0 amide bonds. The van der Waals surface area contributed by atoms with Crippen LogP contribution in [0.2, 0.25) is 0 Å². The highest BCUT2D eigenvalue weighted by Gasteiger charge is 2.07. The summed E-state index contributed by atoms with van der Waals surface area (Å²) in [5.74, 6) is -0.141. The summed E-state index contributed by atoms with van der Waals surface area (Å²) in [6.45, 7) is 2.64. The van der Waals surface area contributed by atoms with Gasteiger partial charge in [-0.05, 0) is 19.4 Å². The van der Waals surface area contributed by atoms with Gasteiger partial charge < -0.3 is 25.5 Å². The van der Waals surface area contributed by atoms with Gasteiger partial charge in [0.2, 0.25) is 0 Å². The highest BCUT2D eigenvalue weighted by molar-refractivity contribution is 5.05. The van der Waals surface area contributed by atoms with E-state index in [1.54, 1.807) is 13.8 Å². The molecule has 0 saturated heterocycles. The van der Waals surface area contributed by atoms with Gasteiger partial charge in [0.1, 0.15) is 11.9 Å². The van der Waals surface area contributed by atoms with Crippen LogP contribution in [-0.4, -0.2) is 51.5 Å². The normalized spacial score (nSPS) is 11.2. The summed E-state index contributed by atoms with van der Waals surface area (Å²) in [7, 11) is 0. The van der Waals surface area contributed by atoms with Gasteiger partial charge in [0.25, 0.3) is 0 Å². The lowest BCUT2D eigenvalue weighted by molar-refractivity contribution is 0.0856. The van der Waals surface area contributed by atoms with Crippen molar-refractivity contribution in [2.75, 3.05) is 19.8 Å². The van der Waals surface area contributed by atoms with Crippen molar-refractivity contribution in [1.29, 1.82) is 0 Å². The van der Waals surface area contributed by atoms with Crippen LogP contribution in [0.1, 0.15) is 13.8 Å². The number of hydrogen-bond donors (Lipinski definition) is 5. The zero-order chi connectivity index (χ0) is 10.9. The van der Waals surface area contributed by atoms with Gasteiger partial charge in [-0.2, -0.15) is 0 Å². The summed E-state index contributed by atoms with van der Waals surface area (Å²) in [5, 5.41) is 41.2. The molecular weight excluding hydrogens is 176 g/mol. The molecule has 1 unspecified atom stereocenters. The van der Waals surface area contributed by atoms with Crippen LogP contribution >= 0.6 is 0 Å². The molecule has 0 aliphatic carbocycles. The first kappa shape index (κ1) is 14.9. The minimum Gasteiger partial charge on any atom is -0.510 e. The standard InChI is InChI=1S/C6H12O3.C2H6O2/c1-4(2)6(9)5(8)3-7;3-1-2-4/h5,7-9H,3H2,1-2H3;3-4H,1-2H2. The third-order valence-electron chi connectivity index (χ3n) is 1.10. The van der Waals surface area contributed by atoms with E-state index >= 15 is 0 Å². The molecule has 1 atom stereocenters. The smallest absolute Gasteiger partial charge is 0.134 e. The Morgan fingerprint density at radius 2 is 1.46 bits per heavy atom. The Bertz CT molecular complexity index is 137. The number of rotatable bonds is 3. The zero-order valence-electron chi connectivity index (χ0n) is 7.93. The van der Waals surface area contributed by atoms with Crippen molar-refractivity contribution in [3.63, 3.8) is 0 Å². The Morgan fingerprint density at radius 3 is 1.54 bits per heavy atom. The van der Waals surface area contributed by atoms with E-state index in [9.17, 15) is 0 Å². The van der Waals surface area contributed by atoms with Crippen LogP contribution in [0.4, 0.5) is 0 Å². The van der Waals surface area contributed by atoms with Gasteiger partial charge in [-0.1, -0.05) is 0 Å². The van der Waals surface area contributed by atoms with Crippen molar-refractivity contribution in [2.24, 2.45) is 0 Å². The summed E-state index contributed by atoms with van der Waals surface area (Å²) >= 11 is 0. The van der Waals surface area contributed by atoms with E-state index < -0.39 is 12.7 Å². The maximum atomic E-state index is 8.86. The molecule has 0 aromatic carbocycles. The van der Waals surface area contributed by atoms with Crippen LogP contribution in [0.15, 0.2) is 11.3 Å². The fourth-order valence-electron chi connectivity index (χ4n) is 0.420. The first-order chi connectivity index (χ1) is 6.01. The lowest BCUT2D eigenvalue weighted by atomic mass is 10.2. The summed E-state index contributed by atoms with van der Waals surface area (Å²) < 4.78 is 0. The van der Waals surface area contributed by atoms with E-state index in [-0.39, 0.29) is 19.0 Å². The molecule has 0 aliphatic rings. The van der Waals surface area contributed by atoms with Crippen molar-refractivity contribution in [3.8, 4) is 0 Å². The minimum atomic E-state index is -1.12. The average molecular weight is 194 g/mol. The van der Waals surface area contributed by atoms with Crippen LogP contribution in [0.25, 0.3) is 0 Å². The largest absolute Gasteiger partial charge is 0.510 e. The van der Waals surface area contributed by atoms with Crippen molar-refractivity contribution >= 4 is 0 Å². The van der Waals surface area contributed by atoms with Crippen molar-refractivity contribution in [3.05, 3.63) is 11.3 Å². The highest BCUT2D eigenvalue weighted by atomic mass is 16.3. The molecule has 13 heavy (non-hydrogen) atoms. The van der Waals surface area contributed by atoms with E-state index in [4.69, 9.17) is 25.5 Å². The van der Waals surface area contributed by atoms with Crippen LogP contribution in [0.3, 0.4) is 0 Å². The average Bonchev–Trinajstić information content (AvgIpc) is 2.15. The predicted octanol–water partition coefficient (Wildman–Crippen LogP) is -0.838. The second-order valence-electron chi connectivity index (χ2n) is 2.53. The fraction of sp³-hybridized carbons (Fsp3) is 0.750. The third-order valence-corrected chi connectivity index (χ3v) is 1.10. The second kappa shape index (κ2) is 9.47. The van der Waals surface area contributed by atoms with Crippen LogP contribution in [-0.2, 0) is 0 Å². The molecule has 0 fully saturated rings. The van der Waals surface area contributed by atoms with E-state index in [0.717, 1.165) is 0 Å². The Kier molecular flexibility index (Phi) is 10.8. The molecule has 0 aromatic heterocycles. The maximum Gasteiger partial charge on any atom is 0.134 e. The molecule has 0 heterocycles. The zero-order valence-corrected chi connectivity index (χ0v) is 7.93. The molecule has 0 radical (unpaired) electrons. The van der Waals surface area contributed by atoms with E-state index in [1.165, 1.54) is 0 Å². The molecule has 0 spiro atoms. The van der Waals surface area contributed by atoms with Crippen molar-refractivity contribution in [2.45, 2.75) is 20.0 Å². The summed E-state index contributed by atoms with van der Waals surface area (Å²) in [6.07, 6.45) is -1.12. The van der Waals surface area contributed by atoms with Gasteiger partial charge in [0.15, 0.2) is 0 Å². The number of hydrogen-bond acceptors (Lipinski definition) is 5. The van der Waals surface area contributed by atoms with E-state index in [2.05, 4.69) is 0 Å². The van der Waals surface area contributed by atoms with Crippen molar-refractivity contribution in [1.82, 2.24) is 0 Å². The summed E-state index contributed by atoms with van der Waals surface area (Å²) in [6, 6.07) is 0. The number of aliphatic hydroxyl groups is 5. The number of allylic oxidation sites excluding steroid dienone is 1. The monoisotopic (exact) mass is 194 g/mol. The molecular formula is C8H18O5. The molecule has 5 heteroatoms. The van der Waals surface area contributed by atoms with Crippen LogP contribution in [0, 0.1) is 0 Å². The lowest BCUT2D eigenvalue weighted by Crippen LogP contribution is -2.15. The third kappa shape index (κ3) is 9.29. The Labute approximate surface area is 77.6 Å². The SMILES string of the molecule is CC(C)=C(O)C(O)CO.OCCO. The van der Waals surface area contributed by atoms with Gasteiger partial charge in [-0.3, -0.25) is 0 Å². The molecule has 5 N–H and O–H groups in total. The first-order valence-electron chi connectivity index (χ1n) is 3.88. The fourth-order valence-corrected chi connectivity index (χ4v) is 0.420. The quantitative estimate of drug-likeness (QED) is 0.377. The maximum absolute atomic E-state index is 8.86. The van der Waals surface area contributed by atoms with Gasteiger partial charge in [-0.15, -0.1) is 0 Å². The summed E-state index contributed by atoms with van der Waals surface area (Å²) in [4.78, 5) is 0. The Morgan fingerprint density at radius 1 is 1.08 bits per heavy atom. The molecule has 0 rings (SSSR count). The molecule has 0 bridgehead atoms. The van der Waals surface area contributed by atoms with Gasteiger partial charge in [0.05, 0.1) is 19.8 Å². The molecule has 0 saturated carbocycles. The number of aliphatic hydroxyl groups excluding tert-OH is 5. The minimum absolute atomic E-state index is 0.125. The summed E-state index contributed by atoms with van der Waals surface area (Å²) in [5.41, 5.74) is 0.622. The van der Waals surface area contributed by atoms with E-state index in [1.807, 2.05) is 0 Å². The lowest BCUT2D eigenvalue weighted by Gasteiger charge is -2.06. The van der Waals surface area contributed by atoms with Crippen LogP contribution < -0.4 is 0 Å².